The van der Waals surface area contributed by atoms with Gasteiger partial charge in [-0.25, -0.2) is 4.98 Å². The average Bonchev–Trinajstić information content (AvgIpc) is 2.76. The van der Waals surface area contributed by atoms with Gasteiger partial charge in [0.1, 0.15) is 0 Å². The zero-order valence-corrected chi connectivity index (χ0v) is 10.5. The molecule has 1 unspecified atom stereocenters. The molecule has 0 saturated carbocycles. The first kappa shape index (κ1) is 11.6. The number of nitrogens with zero attached hydrogens (tertiary/aromatic N) is 3. The summed E-state index contributed by atoms with van der Waals surface area (Å²) in [5.41, 5.74) is 1.04. The van der Waals surface area contributed by atoms with Gasteiger partial charge in [-0.05, 0) is 32.9 Å². The molecule has 0 aliphatic rings. The highest BCUT2D eigenvalue weighted by Gasteiger charge is 2.12. The van der Waals surface area contributed by atoms with Crippen molar-refractivity contribution in [2.75, 3.05) is 5.32 Å². The molecule has 90 valence electrons. The van der Waals surface area contributed by atoms with Gasteiger partial charge < -0.3 is 9.88 Å². The monoisotopic (exact) mass is 230 g/mol. The van der Waals surface area contributed by atoms with Gasteiger partial charge in [0.05, 0.1) is 11.7 Å². The summed E-state index contributed by atoms with van der Waals surface area (Å²) in [4.78, 5) is 8.71. The molecule has 0 aromatic carbocycles. The molecule has 0 spiro atoms. The predicted molar refractivity (Wildman–Crippen MR) is 69.0 cm³/mol. The molecule has 0 aliphatic heterocycles. The van der Waals surface area contributed by atoms with Crippen molar-refractivity contribution in [1.29, 1.82) is 0 Å². The van der Waals surface area contributed by atoms with Gasteiger partial charge in [-0.3, -0.25) is 4.98 Å². The van der Waals surface area contributed by atoms with Crippen LogP contribution in [0.1, 0.15) is 32.5 Å². The second kappa shape index (κ2) is 4.99. The third kappa shape index (κ3) is 2.64. The van der Waals surface area contributed by atoms with Gasteiger partial charge in [-0.1, -0.05) is 6.07 Å². The minimum Gasteiger partial charge on any atom is -0.353 e. The largest absolute Gasteiger partial charge is 0.353 e. The van der Waals surface area contributed by atoms with Crippen LogP contribution in [0.15, 0.2) is 36.8 Å². The number of hydrogen-bond donors (Lipinski definition) is 1. The van der Waals surface area contributed by atoms with Crippen LogP contribution >= 0.6 is 0 Å². The van der Waals surface area contributed by atoms with E-state index in [1.807, 2.05) is 36.8 Å². The van der Waals surface area contributed by atoms with Gasteiger partial charge in [-0.2, -0.15) is 0 Å². The van der Waals surface area contributed by atoms with Crippen LogP contribution in [0, 0.1) is 0 Å². The Hall–Kier alpha value is -1.84. The topological polar surface area (TPSA) is 42.7 Å². The van der Waals surface area contributed by atoms with E-state index in [0.717, 1.165) is 11.6 Å². The van der Waals surface area contributed by atoms with Gasteiger partial charge in [-0.15, -0.1) is 0 Å². The lowest BCUT2D eigenvalue weighted by Gasteiger charge is -2.17. The molecule has 2 aromatic heterocycles. The molecule has 2 heterocycles. The Morgan fingerprint density at radius 1 is 1.12 bits per heavy atom. The summed E-state index contributed by atoms with van der Waals surface area (Å²) in [7, 11) is 0. The number of pyridine rings is 1. The van der Waals surface area contributed by atoms with E-state index in [1.54, 1.807) is 0 Å². The smallest absolute Gasteiger partial charge is 0.203 e. The Labute approximate surface area is 102 Å². The summed E-state index contributed by atoms with van der Waals surface area (Å²) in [5, 5.41) is 3.33. The number of anilines is 1. The highest BCUT2D eigenvalue weighted by Crippen LogP contribution is 2.19. The zero-order chi connectivity index (χ0) is 12.3. The molecule has 2 aromatic rings. The lowest BCUT2D eigenvalue weighted by atomic mass is 10.2. The van der Waals surface area contributed by atoms with Crippen molar-refractivity contribution in [2.45, 2.75) is 32.9 Å². The summed E-state index contributed by atoms with van der Waals surface area (Å²) in [6.07, 6.45) is 5.60. The molecule has 0 amide bonds. The minimum absolute atomic E-state index is 0.181. The summed E-state index contributed by atoms with van der Waals surface area (Å²) in [6.45, 7) is 6.32. The fourth-order valence-electron chi connectivity index (χ4n) is 1.76. The molecule has 0 bridgehead atoms. The van der Waals surface area contributed by atoms with Gasteiger partial charge in [0.15, 0.2) is 0 Å². The molecule has 0 fully saturated rings. The van der Waals surface area contributed by atoms with Crippen molar-refractivity contribution in [3.63, 3.8) is 0 Å². The van der Waals surface area contributed by atoms with Crippen LogP contribution in [0.4, 0.5) is 5.95 Å². The fraction of sp³-hybridized carbons (Fsp3) is 0.385. The minimum atomic E-state index is 0.181. The van der Waals surface area contributed by atoms with Gasteiger partial charge in [0.2, 0.25) is 5.95 Å². The number of aromatic nitrogens is 3. The Morgan fingerprint density at radius 3 is 2.59 bits per heavy atom. The van der Waals surface area contributed by atoms with Crippen LogP contribution in [-0.2, 0) is 0 Å². The summed E-state index contributed by atoms with van der Waals surface area (Å²) >= 11 is 0. The summed E-state index contributed by atoms with van der Waals surface area (Å²) in [6, 6.07) is 6.51. The Morgan fingerprint density at radius 2 is 1.94 bits per heavy atom. The van der Waals surface area contributed by atoms with E-state index >= 15 is 0 Å². The van der Waals surface area contributed by atoms with Crippen molar-refractivity contribution < 1.29 is 0 Å². The van der Waals surface area contributed by atoms with Gasteiger partial charge >= 0.3 is 0 Å². The normalized spacial score (nSPS) is 12.7. The van der Waals surface area contributed by atoms with Crippen LogP contribution < -0.4 is 5.32 Å². The first-order valence-electron chi connectivity index (χ1n) is 5.89. The molecule has 2 rings (SSSR count). The first-order valence-corrected chi connectivity index (χ1v) is 5.89. The van der Waals surface area contributed by atoms with E-state index in [1.165, 1.54) is 0 Å². The highest BCUT2D eigenvalue weighted by molar-refractivity contribution is 5.29. The maximum Gasteiger partial charge on any atom is 0.203 e. The zero-order valence-electron chi connectivity index (χ0n) is 10.5. The summed E-state index contributed by atoms with van der Waals surface area (Å²) in [5.74, 6) is 0.887. The number of hydrogen-bond acceptors (Lipinski definition) is 3. The third-order valence-corrected chi connectivity index (χ3v) is 2.62. The Bertz CT molecular complexity index is 461. The first-order chi connectivity index (χ1) is 8.18. The van der Waals surface area contributed by atoms with E-state index in [2.05, 4.69) is 40.6 Å². The van der Waals surface area contributed by atoms with Gasteiger partial charge in [0, 0.05) is 24.6 Å². The molecule has 1 atom stereocenters. The SMILES string of the molecule is CC(C)Nc1nccn1C(C)c1ccccn1. The van der Waals surface area contributed by atoms with Crippen LogP contribution in [0.25, 0.3) is 0 Å². The van der Waals surface area contributed by atoms with Crippen LogP contribution in [-0.4, -0.2) is 20.6 Å². The molecular weight excluding hydrogens is 212 g/mol. The third-order valence-electron chi connectivity index (χ3n) is 2.62. The van der Waals surface area contributed by atoms with E-state index in [-0.39, 0.29) is 6.04 Å². The maximum absolute atomic E-state index is 4.38. The number of rotatable bonds is 4. The number of imidazole rings is 1. The van der Waals surface area contributed by atoms with Crippen molar-refractivity contribution >= 4 is 5.95 Å². The summed E-state index contributed by atoms with van der Waals surface area (Å²) < 4.78 is 2.10. The van der Waals surface area contributed by atoms with E-state index in [0.29, 0.717) is 6.04 Å². The molecule has 17 heavy (non-hydrogen) atoms. The predicted octanol–water partition coefficient (Wildman–Crippen LogP) is 2.71. The van der Waals surface area contributed by atoms with Crippen molar-refractivity contribution in [3.8, 4) is 0 Å². The van der Waals surface area contributed by atoms with Crippen molar-refractivity contribution in [1.82, 2.24) is 14.5 Å². The van der Waals surface area contributed by atoms with Crippen LogP contribution in [0.2, 0.25) is 0 Å². The van der Waals surface area contributed by atoms with E-state index in [4.69, 9.17) is 0 Å². The molecule has 0 aliphatic carbocycles. The standard InChI is InChI=1S/C13H18N4/c1-10(2)16-13-15-8-9-17(13)11(3)12-6-4-5-7-14-12/h4-11H,1-3H3,(H,15,16). The average molecular weight is 230 g/mol. The molecule has 4 nitrogen and oxygen atoms in total. The molecule has 4 heteroatoms. The molecular formula is C13H18N4. The Kier molecular flexibility index (Phi) is 3.42. The van der Waals surface area contributed by atoms with E-state index < -0.39 is 0 Å². The maximum atomic E-state index is 4.38. The number of nitrogens with one attached hydrogen (secondary N) is 1. The van der Waals surface area contributed by atoms with Crippen LogP contribution in [0.5, 0.6) is 0 Å². The highest BCUT2D eigenvalue weighted by atomic mass is 15.2. The Balaban J connectivity index is 2.25. The lowest BCUT2D eigenvalue weighted by molar-refractivity contribution is 0.621. The van der Waals surface area contributed by atoms with Crippen molar-refractivity contribution in [3.05, 3.63) is 42.5 Å². The van der Waals surface area contributed by atoms with Crippen molar-refractivity contribution in [2.24, 2.45) is 0 Å². The molecule has 0 radical (unpaired) electrons. The lowest BCUT2D eigenvalue weighted by Crippen LogP contribution is -2.17. The van der Waals surface area contributed by atoms with Crippen LogP contribution in [0.3, 0.4) is 0 Å². The van der Waals surface area contributed by atoms with Gasteiger partial charge in [0.25, 0.3) is 0 Å². The quantitative estimate of drug-likeness (QED) is 0.878. The molecule has 1 N–H and O–H groups in total. The molecule has 0 saturated heterocycles. The second-order valence-electron chi connectivity index (χ2n) is 4.39. The van der Waals surface area contributed by atoms with E-state index in [9.17, 15) is 0 Å². The second-order valence-corrected chi connectivity index (χ2v) is 4.39. The fourth-order valence-corrected chi connectivity index (χ4v) is 1.76.